The number of hydrogen-bond donors (Lipinski definition) is 2. The lowest BCUT2D eigenvalue weighted by Gasteiger charge is -2.08. The zero-order chi connectivity index (χ0) is 13.8. The highest BCUT2D eigenvalue weighted by Gasteiger charge is 2.08. The van der Waals surface area contributed by atoms with Gasteiger partial charge in [0.25, 0.3) is 5.69 Å². The average molecular weight is 261 g/mol. The van der Waals surface area contributed by atoms with Gasteiger partial charge in [-0.1, -0.05) is 18.2 Å². The fourth-order valence-corrected chi connectivity index (χ4v) is 1.68. The smallest absolute Gasteiger partial charge is 0.273 e. The van der Waals surface area contributed by atoms with Crippen molar-refractivity contribution in [3.8, 4) is 0 Å². The Labute approximate surface area is 109 Å². The molecule has 2 aromatic rings. The van der Waals surface area contributed by atoms with Crippen molar-refractivity contribution in [3.05, 3.63) is 64.0 Å². The van der Waals surface area contributed by atoms with E-state index in [1.165, 1.54) is 18.2 Å². The molecule has 0 bridgehead atoms. The van der Waals surface area contributed by atoms with Gasteiger partial charge < -0.3 is 11.1 Å². The van der Waals surface area contributed by atoms with Crippen LogP contribution in [0.15, 0.2) is 42.5 Å². The topological polar surface area (TPSA) is 81.2 Å². The van der Waals surface area contributed by atoms with Crippen LogP contribution >= 0.6 is 0 Å². The summed E-state index contributed by atoms with van der Waals surface area (Å²) in [5.41, 5.74) is 6.72. The van der Waals surface area contributed by atoms with Crippen LogP contribution in [0.1, 0.15) is 5.56 Å². The molecule has 3 N–H and O–H groups in total. The Hall–Kier alpha value is -2.63. The second-order valence-corrected chi connectivity index (χ2v) is 4.02. The maximum atomic E-state index is 13.4. The molecule has 0 radical (unpaired) electrons. The molecular formula is C13H12FN3O2. The van der Waals surface area contributed by atoms with Crippen molar-refractivity contribution < 1.29 is 9.31 Å². The fraction of sp³-hybridized carbons (Fsp3) is 0.0769. The van der Waals surface area contributed by atoms with Gasteiger partial charge in [0.15, 0.2) is 0 Å². The lowest BCUT2D eigenvalue weighted by molar-refractivity contribution is -0.384. The molecule has 6 heteroatoms. The van der Waals surface area contributed by atoms with Crippen molar-refractivity contribution >= 4 is 17.1 Å². The molecular weight excluding hydrogens is 249 g/mol. The van der Waals surface area contributed by atoms with Gasteiger partial charge in [-0.2, -0.15) is 0 Å². The molecule has 0 fully saturated rings. The van der Waals surface area contributed by atoms with E-state index < -0.39 is 4.92 Å². The SMILES string of the molecule is Nc1cc(NCc2ccccc2F)cc([N+](=O)[O-])c1. The standard InChI is InChI=1S/C13H12FN3O2/c14-13-4-2-1-3-9(13)8-16-11-5-10(15)6-12(7-11)17(18)19/h1-7,16H,8,15H2. The first-order valence-corrected chi connectivity index (χ1v) is 5.58. The van der Waals surface area contributed by atoms with Gasteiger partial charge in [-0.25, -0.2) is 4.39 Å². The lowest BCUT2D eigenvalue weighted by Crippen LogP contribution is -2.03. The number of rotatable bonds is 4. The molecule has 0 aliphatic carbocycles. The third-order valence-electron chi connectivity index (χ3n) is 2.59. The Morgan fingerprint density at radius 3 is 2.68 bits per heavy atom. The fourth-order valence-electron chi connectivity index (χ4n) is 1.68. The predicted octanol–water partition coefficient (Wildman–Crippen LogP) is 2.93. The highest BCUT2D eigenvalue weighted by molar-refractivity contribution is 5.61. The molecule has 0 saturated carbocycles. The summed E-state index contributed by atoms with van der Waals surface area (Å²) in [5.74, 6) is -0.326. The summed E-state index contributed by atoms with van der Waals surface area (Å²) < 4.78 is 13.4. The van der Waals surface area contributed by atoms with Crippen LogP contribution in [0.4, 0.5) is 21.5 Å². The minimum absolute atomic E-state index is 0.101. The number of benzene rings is 2. The van der Waals surface area contributed by atoms with Crippen molar-refractivity contribution in [1.82, 2.24) is 0 Å². The Morgan fingerprint density at radius 2 is 2.00 bits per heavy atom. The molecule has 0 unspecified atom stereocenters. The molecule has 0 spiro atoms. The van der Waals surface area contributed by atoms with E-state index >= 15 is 0 Å². The van der Waals surface area contributed by atoms with E-state index in [2.05, 4.69) is 5.32 Å². The number of halogens is 1. The van der Waals surface area contributed by atoms with Crippen molar-refractivity contribution in [1.29, 1.82) is 0 Å². The molecule has 98 valence electrons. The Morgan fingerprint density at radius 1 is 1.26 bits per heavy atom. The van der Waals surface area contributed by atoms with E-state index in [4.69, 9.17) is 5.73 Å². The summed E-state index contributed by atoms with van der Waals surface area (Å²) in [6.07, 6.45) is 0. The summed E-state index contributed by atoms with van der Waals surface area (Å²) in [4.78, 5) is 10.2. The molecule has 2 rings (SSSR count). The highest BCUT2D eigenvalue weighted by Crippen LogP contribution is 2.23. The highest BCUT2D eigenvalue weighted by atomic mass is 19.1. The quantitative estimate of drug-likeness (QED) is 0.503. The number of anilines is 2. The Kier molecular flexibility index (Phi) is 3.61. The van der Waals surface area contributed by atoms with E-state index in [1.807, 2.05) is 0 Å². The molecule has 0 aliphatic heterocycles. The third kappa shape index (κ3) is 3.19. The van der Waals surface area contributed by atoms with Crippen LogP contribution in [0.25, 0.3) is 0 Å². The minimum atomic E-state index is -0.523. The first-order valence-electron chi connectivity index (χ1n) is 5.58. The van der Waals surface area contributed by atoms with Crippen molar-refractivity contribution in [2.45, 2.75) is 6.54 Å². The first kappa shape index (κ1) is 12.8. The van der Waals surface area contributed by atoms with Gasteiger partial charge in [-0.3, -0.25) is 10.1 Å². The predicted molar refractivity (Wildman–Crippen MR) is 71.2 cm³/mol. The summed E-state index contributed by atoms with van der Waals surface area (Å²) in [6.45, 7) is 0.229. The molecule has 0 amide bonds. The molecule has 0 atom stereocenters. The van der Waals surface area contributed by atoms with E-state index in [0.717, 1.165) is 0 Å². The molecule has 2 aromatic carbocycles. The molecule has 0 aliphatic rings. The van der Waals surface area contributed by atoms with Gasteiger partial charge in [0.2, 0.25) is 0 Å². The maximum Gasteiger partial charge on any atom is 0.273 e. The van der Waals surface area contributed by atoms with E-state index in [-0.39, 0.29) is 23.7 Å². The number of nitrogens with two attached hydrogens (primary N) is 1. The summed E-state index contributed by atoms with van der Waals surface area (Å²) in [7, 11) is 0. The zero-order valence-electron chi connectivity index (χ0n) is 9.97. The second-order valence-electron chi connectivity index (χ2n) is 4.02. The van der Waals surface area contributed by atoms with Crippen molar-refractivity contribution in [3.63, 3.8) is 0 Å². The number of nitro groups is 1. The summed E-state index contributed by atoms with van der Waals surface area (Å²) in [6, 6.07) is 10.5. The number of nitrogens with zero attached hydrogens (tertiary/aromatic N) is 1. The average Bonchev–Trinajstić information content (AvgIpc) is 2.37. The van der Waals surface area contributed by atoms with Crippen LogP contribution in [0.5, 0.6) is 0 Å². The Balaban J connectivity index is 2.16. The Bertz CT molecular complexity index is 617. The van der Waals surface area contributed by atoms with E-state index in [1.54, 1.807) is 24.3 Å². The molecule has 19 heavy (non-hydrogen) atoms. The van der Waals surface area contributed by atoms with Gasteiger partial charge in [0.05, 0.1) is 4.92 Å². The largest absolute Gasteiger partial charge is 0.398 e. The number of non-ortho nitro benzene ring substituents is 1. The molecule has 0 saturated heterocycles. The third-order valence-corrected chi connectivity index (χ3v) is 2.59. The monoisotopic (exact) mass is 261 g/mol. The summed E-state index contributed by atoms with van der Waals surface area (Å²) in [5, 5.41) is 13.6. The maximum absolute atomic E-state index is 13.4. The van der Waals surface area contributed by atoms with Gasteiger partial charge in [-0.05, 0) is 12.1 Å². The van der Waals surface area contributed by atoms with Gasteiger partial charge in [0, 0.05) is 35.6 Å². The number of nitro benzene ring substituents is 1. The van der Waals surface area contributed by atoms with Crippen LogP contribution in [-0.4, -0.2) is 4.92 Å². The molecule has 5 nitrogen and oxygen atoms in total. The van der Waals surface area contributed by atoms with E-state index in [0.29, 0.717) is 11.3 Å². The minimum Gasteiger partial charge on any atom is -0.398 e. The first-order chi connectivity index (χ1) is 9.06. The number of nitrogen functional groups attached to an aromatic ring is 1. The van der Waals surface area contributed by atoms with Gasteiger partial charge in [-0.15, -0.1) is 0 Å². The second kappa shape index (κ2) is 5.34. The van der Waals surface area contributed by atoms with Crippen LogP contribution in [0, 0.1) is 15.9 Å². The number of nitrogens with one attached hydrogen (secondary N) is 1. The zero-order valence-corrected chi connectivity index (χ0v) is 9.97. The number of hydrogen-bond acceptors (Lipinski definition) is 4. The van der Waals surface area contributed by atoms with Crippen molar-refractivity contribution in [2.24, 2.45) is 0 Å². The van der Waals surface area contributed by atoms with E-state index in [9.17, 15) is 14.5 Å². The molecule has 0 heterocycles. The van der Waals surface area contributed by atoms with Crippen LogP contribution in [0.2, 0.25) is 0 Å². The lowest BCUT2D eigenvalue weighted by atomic mass is 10.2. The van der Waals surface area contributed by atoms with Crippen LogP contribution < -0.4 is 11.1 Å². The normalized spacial score (nSPS) is 10.2. The van der Waals surface area contributed by atoms with Crippen molar-refractivity contribution in [2.75, 3.05) is 11.1 Å². The van der Waals surface area contributed by atoms with Crippen LogP contribution in [-0.2, 0) is 6.54 Å². The molecule has 0 aromatic heterocycles. The summed E-state index contributed by atoms with van der Waals surface area (Å²) >= 11 is 0. The van der Waals surface area contributed by atoms with Gasteiger partial charge in [0.1, 0.15) is 5.82 Å². The van der Waals surface area contributed by atoms with Crippen LogP contribution in [0.3, 0.4) is 0 Å². The van der Waals surface area contributed by atoms with Gasteiger partial charge >= 0.3 is 0 Å².